The molecule has 0 aliphatic carbocycles. The van der Waals surface area contributed by atoms with E-state index in [1.165, 1.54) is 0 Å². The van der Waals surface area contributed by atoms with Crippen molar-refractivity contribution in [2.75, 3.05) is 18.4 Å². The molecule has 0 fully saturated rings. The number of nitrogens with one attached hydrogen (secondary N) is 1. The molecule has 2 aromatic rings. The van der Waals surface area contributed by atoms with Crippen LogP contribution in [0.25, 0.3) is 0 Å². The first-order valence-electron chi connectivity index (χ1n) is 7.27. The first-order chi connectivity index (χ1) is 11.2. The summed E-state index contributed by atoms with van der Waals surface area (Å²) in [4.78, 5) is 23.1. The zero-order chi connectivity index (χ0) is 15.8. The van der Waals surface area contributed by atoms with Crippen molar-refractivity contribution in [2.45, 2.75) is 0 Å². The molecule has 1 aromatic heterocycles. The molecule has 0 spiro atoms. The molecular weight excluding hydrogens is 356 g/mol. The zero-order valence-electron chi connectivity index (χ0n) is 12.2. The number of ketones is 1. The third-order valence-electron chi connectivity index (χ3n) is 3.83. The molecule has 1 N–H and O–H groups in total. The van der Waals surface area contributed by atoms with E-state index in [1.54, 1.807) is 30.6 Å². The first-order valence-corrected chi connectivity index (χ1v) is 8.07. The van der Waals surface area contributed by atoms with Crippen molar-refractivity contribution in [3.05, 3.63) is 70.2 Å². The lowest BCUT2D eigenvalue weighted by atomic mass is 10.1. The van der Waals surface area contributed by atoms with Crippen LogP contribution in [-0.4, -0.2) is 34.6 Å². The SMILES string of the molecule is O=C(/C=C1\Nc2cc(Br)ccc2C2=NCCN21)c1cccnc1. The highest BCUT2D eigenvalue weighted by Gasteiger charge is 2.29. The Balaban J connectivity index is 1.74. The summed E-state index contributed by atoms with van der Waals surface area (Å²) < 4.78 is 0.980. The number of rotatable bonds is 2. The number of nitrogens with zero attached hydrogens (tertiary/aromatic N) is 3. The fraction of sp³-hybridized carbons (Fsp3) is 0.118. The number of aliphatic imine (C=N–C) groups is 1. The van der Waals surface area contributed by atoms with Crippen LogP contribution in [0, 0.1) is 0 Å². The largest absolute Gasteiger partial charge is 0.341 e. The minimum absolute atomic E-state index is 0.0784. The van der Waals surface area contributed by atoms with E-state index >= 15 is 0 Å². The molecule has 1 aromatic carbocycles. The Morgan fingerprint density at radius 1 is 1.35 bits per heavy atom. The molecule has 23 heavy (non-hydrogen) atoms. The van der Waals surface area contributed by atoms with E-state index in [0.29, 0.717) is 5.56 Å². The molecule has 2 aliphatic heterocycles. The molecular formula is C17H13BrN4O. The Labute approximate surface area is 141 Å². The van der Waals surface area contributed by atoms with Gasteiger partial charge in [-0.1, -0.05) is 15.9 Å². The number of anilines is 1. The monoisotopic (exact) mass is 368 g/mol. The van der Waals surface area contributed by atoms with Crippen LogP contribution < -0.4 is 5.32 Å². The van der Waals surface area contributed by atoms with Gasteiger partial charge in [0.25, 0.3) is 0 Å². The molecule has 0 radical (unpaired) electrons. The van der Waals surface area contributed by atoms with Gasteiger partial charge >= 0.3 is 0 Å². The van der Waals surface area contributed by atoms with Gasteiger partial charge in [0.2, 0.25) is 0 Å². The number of carbonyl (C=O) groups is 1. The third kappa shape index (κ3) is 2.55. The van der Waals surface area contributed by atoms with Crippen LogP contribution in [0.15, 0.2) is 64.1 Å². The Hall–Kier alpha value is -2.47. The van der Waals surface area contributed by atoms with Gasteiger partial charge in [-0.15, -0.1) is 0 Å². The van der Waals surface area contributed by atoms with Crippen molar-refractivity contribution in [3.8, 4) is 0 Å². The fourth-order valence-electron chi connectivity index (χ4n) is 2.76. The standard InChI is InChI=1S/C17H13BrN4O/c18-12-3-4-13-14(8-12)21-16(22-7-6-20-17(13)22)9-15(23)11-2-1-5-19-10-11/h1-5,8-10,21H,6-7H2/b16-9+. The molecule has 5 nitrogen and oxygen atoms in total. The van der Waals surface area contributed by atoms with Crippen molar-refractivity contribution >= 4 is 33.2 Å². The number of hydrogen-bond acceptors (Lipinski definition) is 5. The summed E-state index contributed by atoms with van der Waals surface area (Å²) in [7, 11) is 0. The Kier molecular flexibility index (Phi) is 3.46. The van der Waals surface area contributed by atoms with E-state index < -0.39 is 0 Å². The fourth-order valence-corrected chi connectivity index (χ4v) is 3.12. The molecule has 3 heterocycles. The van der Waals surface area contributed by atoms with Crippen LogP contribution in [0.5, 0.6) is 0 Å². The molecule has 0 atom stereocenters. The van der Waals surface area contributed by atoms with E-state index in [9.17, 15) is 4.79 Å². The number of allylic oxidation sites excluding steroid dienone is 1. The minimum Gasteiger partial charge on any atom is -0.341 e. The second-order valence-corrected chi connectivity index (χ2v) is 6.22. The zero-order valence-corrected chi connectivity index (χ0v) is 13.7. The van der Waals surface area contributed by atoms with Crippen molar-refractivity contribution in [3.63, 3.8) is 0 Å². The summed E-state index contributed by atoms with van der Waals surface area (Å²) >= 11 is 3.48. The minimum atomic E-state index is -0.0784. The molecule has 6 heteroatoms. The number of halogens is 1. The predicted octanol–water partition coefficient (Wildman–Crippen LogP) is 3.06. The number of aromatic nitrogens is 1. The molecule has 2 aliphatic rings. The second kappa shape index (κ2) is 5.62. The molecule has 0 saturated heterocycles. The van der Waals surface area contributed by atoms with E-state index in [1.807, 2.05) is 23.1 Å². The van der Waals surface area contributed by atoms with Crippen LogP contribution in [0.1, 0.15) is 15.9 Å². The van der Waals surface area contributed by atoms with Crippen LogP contribution in [0.2, 0.25) is 0 Å². The van der Waals surface area contributed by atoms with Gasteiger partial charge in [0.05, 0.1) is 12.2 Å². The number of amidine groups is 1. The van der Waals surface area contributed by atoms with Crippen LogP contribution in [0.3, 0.4) is 0 Å². The van der Waals surface area contributed by atoms with Gasteiger partial charge in [-0.05, 0) is 30.3 Å². The number of benzene rings is 1. The Bertz CT molecular complexity index is 845. The molecule has 0 unspecified atom stereocenters. The molecule has 0 amide bonds. The number of pyridine rings is 1. The van der Waals surface area contributed by atoms with Gasteiger partial charge in [0.1, 0.15) is 11.7 Å². The number of carbonyl (C=O) groups excluding carboxylic acids is 1. The Morgan fingerprint density at radius 2 is 2.26 bits per heavy atom. The average molecular weight is 369 g/mol. The van der Waals surface area contributed by atoms with Crippen molar-refractivity contribution < 1.29 is 4.79 Å². The molecule has 0 bridgehead atoms. The maximum Gasteiger partial charge on any atom is 0.191 e. The van der Waals surface area contributed by atoms with Crippen molar-refractivity contribution in [2.24, 2.45) is 4.99 Å². The van der Waals surface area contributed by atoms with Crippen LogP contribution >= 0.6 is 15.9 Å². The summed E-state index contributed by atoms with van der Waals surface area (Å²) in [5.41, 5.74) is 2.57. The summed E-state index contributed by atoms with van der Waals surface area (Å²) in [6.45, 7) is 1.49. The lowest BCUT2D eigenvalue weighted by Gasteiger charge is -2.31. The predicted molar refractivity (Wildman–Crippen MR) is 92.5 cm³/mol. The van der Waals surface area contributed by atoms with E-state index in [4.69, 9.17) is 0 Å². The van der Waals surface area contributed by atoms with Crippen molar-refractivity contribution in [1.82, 2.24) is 9.88 Å². The van der Waals surface area contributed by atoms with E-state index in [2.05, 4.69) is 31.2 Å². The summed E-state index contributed by atoms with van der Waals surface area (Å²) in [5, 5.41) is 3.34. The van der Waals surface area contributed by atoms with E-state index in [-0.39, 0.29) is 5.78 Å². The van der Waals surface area contributed by atoms with Gasteiger partial charge in [-0.3, -0.25) is 14.8 Å². The van der Waals surface area contributed by atoms with Gasteiger partial charge in [-0.25, -0.2) is 0 Å². The van der Waals surface area contributed by atoms with Crippen molar-refractivity contribution in [1.29, 1.82) is 0 Å². The maximum absolute atomic E-state index is 12.4. The Morgan fingerprint density at radius 3 is 3.09 bits per heavy atom. The molecule has 114 valence electrons. The third-order valence-corrected chi connectivity index (χ3v) is 4.32. The lowest BCUT2D eigenvalue weighted by Crippen LogP contribution is -2.36. The summed E-state index contributed by atoms with van der Waals surface area (Å²) in [6, 6.07) is 9.54. The van der Waals surface area contributed by atoms with Gasteiger partial charge in [0.15, 0.2) is 5.78 Å². The number of hydrogen-bond donors (Lipinski definition) is 1. The topological polar surface area (TPSA) is 57.6 Å². The first kappa shape index (κ1) is 14.1. The normalized spacial score (nSPS) is 17.3. The molecule has 4 rings (SSSR count). The average Bonchev–Trinajstić information content (AvgIpc) is 3.05. The van der Waals surface area contributed by atoms with Crippen LogP contribution in [-0.2, 0) is 0 Å². The van der Waals surface area contributed by atoms with Gasteiger partial charge < -0.3 is 10.2 Å². The van der Waals surface area contributed by atoms with Crippen LogP contribution in [0.4, 0.5) is 5.69 Å². The van der Waals surface area contributed by atoms with Gasteiger partial charge in [-0.2, -0.15) is 0 Å². The maximum atomic E-state index is 12.4. The smallest absolute Gasteiger partial charge is 0.191 e. The highest BCUT2D eigenvalue weighted by molar-refractivity contribution is 9.10. The van der Waals surface area contributed by atoms with E-state index in [0.717, 1.165) is 40.5 Å². The summed E-state index contributed by atoms with van der Waals surface area (Å²) in [5.74, 6) is 1.59. The lowest BCUT2D eigenvalue weighted by molar-refractivity contribution is 0.104. The van der Waals surface area contributed by atoms with Gasteiger partial charge in [0, 0.05) is 40.6 Å². The number of fused-ring (bicyclic) bond motifs is 3. The quantitative estimate of drug-likeness (QED) is 0.653. The second-order valence-electron chi connectivity index (χ2n) is 5.31. The highest BCUT2D eigenvalue weighted by Crippen LogP contribution is 2.32. The molecule has 0 saturated carbocycles. The summed E-state index contributed by atoms with van der Waals surface area (Å²) in [6.07, 6.45) is 4.84. The highest BCUT2D eigenvalue weighted by atomic mass is 79.9.